The third-order valence-electron chi connectivity index (χ3n) is 2.15. The van der Waals surface area contributed by atoms with Crippen molar-refractivity contribution in [2.45, 2.75) is 6.92 Å². The largest absolute Gasteiger partial charge is 0.477 e. The van der Waals surface area contributed by atoms with Crippen LogP contribution in [-0.4, -0.2) is 16.1 Å². The predicted octanol–water partition coefficient (Wildman–Crippen LogP) is 2.35. The van der Waals surface area contributed by atoms with Gasteiger partial charge in [0.25, 0.3) is 0 Å². The van der Waals surface area contributed by atoms with Crippen molar-refractivity contribution in [3.8, 4) is 11.1 Å². The number of carboxylic acids is 1. The number of pyridine rings is 1. The van der Waals surface area contributed by atoms with Crippen LogP contribution in [0.3, 0.4) is 0 Å². The number of furan rings is 1. The van der Waals surface area contributed by atoms with Crippen LogP contribution in [0.25, 0.3) is 11.1 Å². The van der Waals surface area contributed by atoms with Gasteiger partial charge >= 0.3 is 5.97 Å². The van der Waals surface area contributed by atoms with E-state index in [1.54, 1.807) is 18.6 Å². The van der Waals surface area contributed by atoms with Crippen molar-refractivity contribution < 1.29 is 14.3 Å². The minimum absolute atomic E-state index is 0.0353. The average molecular weight is 203 g/mol. The Kier molecular flexibility index (Phi) is 2.25. The van der Waals surface area contributed by atoms with Crippen LogP contribution in [0, 0.1) is 6.92 Å². The molecule has 2 aromatic rings. The van der Waals surface area contributed by atoms with Crippen LogP contribution in [0.15, 0.2) is 35.3 Å². The first kappa shape index (κ1) is 9.45. The molecule has 4 nitrogen and oxygen atoms in total. The summed E-state index contributed by atoms with van der Waals surface area (Å²) in [5.74, 6) is -1.03. The van der Waals surface area contributed by atoms with Crippen molar-refractivity contribution in [1.29, 1.82) is 0 Å². The third-order valence-corrected chi connectivity index (χ3v) is 2.15. The van der Waals surface area contributed by atoms with Gasteiger partial charge in [-0.2, -0.15) is 0 Å². The van der Waals surface area contributed by atoms with Crippen LogP contribution in [0.4, 0.5) is 0 Å². The standard InChI is InChI=1S/C11H9NO3/c1-7-5-15-6-9(7)8-2-3-12-10(4-8)11(13)14/h2-6H,1H3,(H,13,14). The van der Waals surface area contributed by atoms with E-state index in [0.717, 1.165) is 16.7 Å². The maximum atomic E-state index is 10.7. The van der Waals surface area contributed by atoms with E-state index in [0.29, 0.717) is 0 Å². The lowest BCUT2D eigenvalue weighted by Gasteiger charge is -1.99. The van der Waals surface area contributed by atoms with E-state index < -0.39 is 5.97 Å². The molecule has 0 fully saturated rings. The van der Waals surface area contributed by atoms with Gasteiger partial charge in [0.1, 0.15) is 5.69 Å². The molecule has 2 heterocycles. The van der Waals surface area contributed by atoms with Crippen LogP contribution in [0.2, 0.25) is 0 Å². The molecule has 0 saturated heterocycles. The second kappa shape index (κ2) is 3.57. The molecule has 0 spiro atoms. The highest BCUT2D eigenvalue weighted by Gasteiger charge is 2.08. The molecule has 0 radical (unpaired) electrons. The fourth-order valence-electron chi connectivity index (χ4n) is 1.37. The van der Waals surface area contributed by atoms with Gasteiger partial charge in [0.05, 0.1) is 12.5 Å². The Morgan fingerprint density at radius 1 is 1.47 bits per heavy atom. The van der Waals surface area contributed by atoms with E-state index >= 15 is 0 Å². The molecule has 0 aliphatic carbocycles. The van der Waals surface area contributed by atoms with Gasteiger partial charge in [-0.1, -0.05) is 0 Å². The predicted molar refractivity (Wildman–Crippen MR) is 53.6 cm³/mol. The zero-order chi connectivity index (χ0) is 10.8. The Morgan fingerprint density at radius 3 is 2.87 bits per heavy atom. The van der Waals surface area contributed by atoms with Crippen molar-refractivity contribution >= 4 is 5.97 Å². The summed E-state index contributed by atoms with van der Waals surface area (Å²) in [6, 6.07) is 3.28. The van der Waals surface area contributed by atoms with Gasteiger partial charge in [-0.05, 0) is 30.2 Å². The molecule has 0 aromatic carbocycles. The van der Waals surface area contributed by atoms with Gasteiger partial charge < -0.3 is 9.52 Å². The number of hydrogen-bond acceptors (Lipinski definition) is 3. The van der Waals surface area contributed by atoms with E-state index in [9.17, 15) is 4.79 Å². The summed E-state index contributed by atoms with van der Waals surface area (Å²) in [5.41, 5.74) is 2.69. The smallest absolute Gasteiger partial charge is 0.354 e. The van der Waals surface area contributed by atoms with Gasteiger partial charge in [0.15, 0.2) is 0 Å². The Hall–Kier alpha value is -2.10. The van der Waals surface area contributed by atoms with Crippen molar-refractivity contribution in [3.63, 3.8) is 0 Å². The van der Waals surface area contributed by atoms with Crippen LogP contribution < -0.4 is 0 Å². The number of carboxylic acid groups (broad SMARTS) is 1. The molecule has 2 rings (SSSR count). The molecule has 76 valence electrons. The fourth-order valence-corrected chi connectivity index (χ4v) is 1.37. The average Bonchev–Trinajstić information content (AvgIpc) is 2.64. The molecule has 4 heteroatoms. The zero-order valence-corrected chi connectivity index (χ0v) is 8.10. The normalized spacial score (nSPS) is 10.2. The number of aromatic nitrogens is 1. The van der Waals surface area contributed by atoms with E-state index in [1.165, 1.54) is 12.3 Å². The Bertz CT molecular complexity index is 502. The Labute approximate surface area is 86.2 Å². The highest BCUT2D eigenvalue weighted by Crippen LogP contribution is 2.24. The summed E-state index contributed by atoms with van der Waals surface area (Å²) < 4.78 is 5.03. The SMILES string of the molecule is Cc1cocc1-c1ccnc(C(=O)O)c1. The number of nitrogens with zero attached hydrogens (tertiary/aromatic N) is 1. The molecule has 0 amide bonds. The first-order valence-corrected chi connectivity index (χ1v) is 4.41. The minimum atomic E-state index is -1.03. The van der Waals surface area contributed by atoms with Gasteiger partial charge in [-0.15, -0.1) is 0 Å². The summed E-state index contributed by atoms with van der Waals surface area (Å²) in [6.07, 6.45) is 4.69. The Balaban J connectivity index is 2.50. The van der Waals surface area contributed by atoms with Gasteiger partial charge in [0, 0.05) is 11.8 Å². The second-order valence-corrected chi connectivity index (χ2v) is 3.20. The summed E-state index contributed by atoms with van der Waals surface area (Å²) >= 11 is 0. The van der Waals surface area contributed by atoms with Gasteiger partial charge in [-0.3, -0.25) is 0 Å². The number of hydrogen-bond donors (Lipinski definition) is 1. The molecule has 15 heavy (non-hydrogen) atoms. The van der Waals surface area contributed by atoms with Gasteiger partial charge in [-0.25, -0.2) is 9.78 Å². The highest BCUT2D eigenvalue weighted by atomic mass is 16.4. The number of carbonyl (C=O) groups is 1. The highest BCUT2D eigenvalue weighted by molar-refractivity contribution is 5.87. The van der Waals surface area contributed by atoms with Crippen LogP contribution >= 0.6 is 0 Å². The quantitative estimate of drug-likeness (QED) is 0.813. The monoisotopic (exact) mass is 203 g/mol. The fraction of sp³-hybridized carbons (Fsp3) is 0.0909. The molecular formula is C11H9NO3. The van der Waals surface area contributed by atoms with E-state index in [2.05, 4.69) is 4.98 Å². The molecule has 0 aliphatic heterocycles. The van der Waals surface area contributed by atoms with E-state index in [4.69, 9.17) is 9.52 Å². The topological polar surface area (TPSA) is 63.3 Å². The molecule has 0 atom stereocenters. The molecule has 0 bridgehead atoms. The number of aromatic carboxylic acids is 1. The lowest BCUT2D eigenvalue weighted by molar-refractivity contribution is 0.0690. The summed E-state index contributed by atoms with van der Waals surface area (Å²) in [4.78, 5) is 14.5. The Morgan fingerprint density at radius 2 is 2.27 bits per heavy atom. The van der Waals surface area contributed by atoms with Crippen LogP contribution in [-0.2, 0) is 0 Å². The molecule has 0 aliphatic rings. The molecule has 2 aromatic heterocycles. The van der Waals surface area contributed by atoms with Crippen molar-refractivity contribution in [2.24, 2.45) is 0 Å². The molecule has 0 saturated carbocycles. The maximum absolute atomic E-state index is 10.7. The minimum Gasteiger partial charge on any atom is -0.477 e. The molecular weight excluding hydrogens is 194 g/mol. The van der Waals surface area contributed by atoms with Crippen molar-refractivity contribution in [2.75, 3.05) is 0 Å². The lowest BCUT2D eigenvalue weighted by Crippen LogP contribution is -1.99. The molecule has 1 N–H and O–H groups in total. The van der Waals surface area contributed by atoms with E-state index in [1.807, 2.05) is 6.92 Å². The lowest BCUT2D eigenvalue weighted by atomic mass is 10.1. The number of aryl methyl sites for hydroxylation is 1. The maximum Gasteiger partial charge on any atom is 0.354 e. The first-order valence-electron chi connectivity index (χ1n) is 4.41. The van der Waals surface area contributed by atoms with Crippen molar-refractivity contribution in [3.05, 3.63) is 42.1 Å². The third kappa shape index (κ3) is 1.74. The summed E-state index contributed by atoms with van der Waals surface area (Å²) in [6.45, 7) is 1.90. The zero-order valence-electron chi connectivity index (χ0n) is 8.10. The van der Waals surface area contributed by atoms with E-state index in [-0.39, 0.29) is 5.69 Å². The van der Waals surface area contributed by atoms with Crippen LogP contribution in [0.5, 0.6) is 0 Å². The summed E-state index contributed by atoms with van der Waals surface area (Å²) in [7, 11) is 0. The van der Waals surface area contributed by atoms with Crippen molar-refractivity contribution in [1.82, 2.24) is 4.98 Å². The van der Waals surface area contributed by atoms with Gasteiger partial charge in [0.2, 0.25) is 0 Å². The second-order valence-electron chi connectivity index (χ2n) is 3.20. The first-order chi connectivity index (χ1) is 7.18. The molecule has 0 unspecified atom stereocenters. The number of rotatable bonds is 2. The van der Waals surface area contributed by atoms with Crippen LogP contribution in [0.1, 0.15) is 16.1 Å². The summed E-state index contributed by atoms with van der Waals surface area (Å²) in [5, 5.41) is 8.79.